The SMILES string of the molecule is O=C(O)C(C[P+](O)(O)C=C1CCCO1)c1ccccc1. The molecule has 0 aromatic heterocycles. The maximum Gasteiger partial charge on any atom is 0.314 e. The third-order valence-electron chi connectivity index (χ3n) is 3.16. The second-order valence-electron chi connectivity index (χ2n) is 4.82. The van der Waals surface area contributed by atoms with Gasteiger partial charge in [-0.15, -0.1) is 0 Å². The molecule has 1 fully saturated rings. The van der Waals surface area contributed by atoms with Gasteiger partial charge in [0.1, 0.15) is 17.8 Å². The first-order valence-electron chi connectivity index (χ1n) is 6.43. The lowest BCUT2D eigenvalue weighted by molar-refractivity contribution is -0.138. The summed E-state index contributed by atoms with van der Waals surface area (Å²) in [7, 11) is -3.44. The Balaban J connectivity index is 2.15. The Labute approximate surface area is 118 Å². The number of rotatable bonds is 5. The second-order valence-corrected chi connectivity index (χ2v) is 7.01. The van der Waals surface area contributed by atoms with E-state index in [0.29, 0.717) is 24.4 Å². The monoisotopic (exact) mass is 297 g/mol. The van der Waals surface area contributed by atoms with E-state index in [2.05, 4.69) is 0 Å². The van der Waals surface area contributed by atoms with Gasteiger partial charge in [-0.25, -0.2) is 9.79 Å². The summed E-state index contributed by atoms with van der Waals surface area (Å²) in [6.45, 7) is 0.576. The topological polar surface area (TPSA) is 87.0 Å². The van der Waals surface area contributed by atoms with E-state index in [1.165, 1.54) is 5.82 Å². The molecule has 1 aliphatic rings. The second kappa shape index (κ2) is 6.35. The molecule has 0 spiro atoms. The molecule has 1 aromatic rings. The van der Waals surface area contributed by atoms with Crippen molar-refractivity contribution in [1.82, 2.24) is 0 Å². The van der Waals surface area contributed by atoms with Crippen LogP contribution in [0.2, 0.25) is 0 Å². The quantitative estimate of drug-likeness (QED) is 0.726. The number of hydrogen-bond acceptors (Lipinski definition) is 4. The summed E-state index contributed by atoms with van der Waals surface area (Å²) in [4.78, 5) is 31.6. The minimum absolute atomic E-state index is 0.209. The average Bonchev–Trinajstić information content (AvgIpc) is 2.89. The first-order chi connectivity index (χ1) is 9.48. The van der Waals surface area contributed by atoms with Crippen LogP contribution < -0.4 is 0 Å². The molecule has 0 aliphatic carbocycles. The van der Waals surface area contributed by atoms with Crippen molar-refractivity contribution in [3.63, 3.8) is 0 Å². The summed E-state index contributed by atoms with van der Waals surface area (Å²) in [6.07, 6.45) is 1.32. The van der Waals surface area contributed by atoms with Crippen LogP contribution in [0.5, 0.6) is 0 Å². The smallest absolute Gasteiger partial charge is 0.314 e. The molecule has 1 heterocycles. The summed E-state index contributed by atoms with van der Waals surface area (Å²) >= 11 is 0. The lowest BCUT2D eigenvalue weighted by Gasteiger charge is -2.15. The van der Waals surface area contributed by atoms with Crippen molar-refractivity contribution in [2.24, 2.45) is 0 Å². The van der Waals surface area contributed by atoms with Crippen molar-refractivity contribution < 1.29 is 24.4 Å². The highest BCUT2D eigenvalue weighted by Crippen LogP contribution is 2.56. The Morgan fingerprint density at radius 3 is 2.60 bits per heavy atom. The fourth-order valence-electron chi connectivity index (χ4n) is 2.19. The minimum atomic E-state index is -3.44. The van der Waals surface area contributed by atoms with E-state index < -0.39 is 19.6 Å². The molecule has 0 saturated carbocycles. The molecular weight excluding hydrogens is 279 g/mol. The molecule has 20 heavy (non-hydrogen) atoms. The van der Waals surface area contributed by atoms with Gasteiger partial charge in [0.05, 0.1) is 6.61 Å². The lowest BCUT2D eigenvalue weighted by Crippen LogP contribution is -2.17. The van der Waals surface area contributed by atoms with E-state index in [-0.39, 0.29) is 6.16 Å². The Morgan fingerprint density at radius 2 is 2.05 bits per heavy atom. The van der Waals surface area contributed by atoms with Gasteiger partial charge in [0.15, 0.2) is 5.82 Å². The maximum atomic E-state index is 11.4. The van der Waals surface area contributed by atoms with Gasteiger partial charge in [0.25, 0.3) is 7.72 Å². The van der Waals surface area contributed by atoms with Gasteiger partial charge in [-0.1, -0.05) is 30.3 Å². The Morgan fingerprint density at radius 1 is 1.35 bits per heavy atom. The Hall–Kier alpha value is -1.42. The average molecular weight is 297 g/mol. The molecule has 2 rings (SSSR count). The third-order valence-corrected chi connectivity index (χ3v) is 4.76. The summed E-state index contributed by atoms with van der Waals surface area (Å²) in [5.41, 5.74) is 0.568. The van der Waals surface area contributed by atoms with E-state index in [1.54, 1.807) is 30.3 Å². The molecule has 1 saturated heterocycles. The molecule has 5 nitrogen and oxygen atoms in total. The summed E-state index contributed by atoms with van der Waals surface area (Å²) < 4.78 is 5.26. The number of carboxylic acid groups (broad SMARTS) is 1. The normalized spacial score (nSPS) is 18.8. The van der Waals surface area contributed by atoms with E-state index >= 15 is 0 Å². The van der Waals surface area contributed by atoms with Gasteiger partial charge < -0.3 is 9.84 Å². The van der Waals surface area contributed by atoms with E-state index in [9.17, 15) is 19.7 Å². The van der Waals surface area contributed by atoms with Crippen LogP contribution in [0, 0.1) is 0 Å². The Bertz CT molecular complexity index is 490. The van der Waals surface area contributed by atoms with Crippen LogP contribution in [0.3, 0.4) is 0 Å². The van der Waals surface area contributed by atoms with Gasteiger partial charge in [-0.3, -0.25) is 4.79 Å². The predicted octanol–water partition coefficient (Wildman–Crippen LogP) is 2.34. The highest BCUT2D eigenvalue weighted by atomic mass is 31.2. The predicted molar refractivity (Wildman–Crippen MR) is 76.3 cm³/mol. The molecule has 1 atom stereocenters. The summed E-state index contributed by atoms with van der Waals surface area (Å²) in [5.74, 6) is -0.119. The molecular formula is C14H18O5P+. The largest absolute Gasteiger partial charge is 0.494 e. The first kappa shape index (κ1) is 15.0. The Kier molecular flexibility index (Phi) is 4.76. The molecule has 0 radical (unpaired) electrons. The third kappa shape index (κ3) is 4.04. The van der Waals surface area contributed by atoms with Crippen LogP contribution in [0.1, 0.15) is 24.3 Å². The number of ether oxygens (including phenoxy) is 1. The van der Waals surface area contributed by atoms with Crippen molar-refractivity contribution in [3.8, 4) is 0 Å². The number of allylic oxidation sites excluding steroid dienone is 1. The first-order valence-corrected chi connectivity index (χ1v) is 8.38. The van der Waals surface area contributed by atoms with E-state index in [4.69, 9.17) is 4.74 Å². The van der Waals surface area contributed by atoms with Crippen LogP contribution in [0.25, 0.3) is 0 Å². The molecule has 3 N–H and O–H groups in total. The number of carboxylic acids is 1. The van der Waals surface area contributed by atoms with E-state index in [1.807, 2.05) is 0 Å². The van der Waals surface area contributed by atoms with Crippen molar-refractivity contribution in [3.05, 3.63) is 47.5 Å². The molecule has 108 valence electrons. The molecule has 6 heteroatoms. The fraction of sp³-hybridized carbons (Fsp3) is 0.357. The van der Waals surface area contributed by atoms with Crippen molar-refractivity contribution >= 4 is 13.7 Å². The van der Waals surface area contributed by atoms with Gasteiger partial charge in [-0.05, 0) is 12.0 Å². The zero-order valence-corrected chi connectivity index (χ0v) is 11.9. The number of aliphatic carboxylic acids is 1. The van der Waals surface area contributed by atoms with Crippen LogP contribution in [-0.2, 0) is 9.53 Å². The summed E-state index contributed by atoms with van der Waals surface area (Å²) in [5, 5.41) is 9.29. The van der Waals surface area contributed by atoms with Crippen molar-refractivity contribution in [2.45, 2.75) is 18.8 Å². The van der Waals surface area contributed by atoms with Crippen LogP contribution >= 0.6 is 7.72 Å². The zero-order valence-electron chi connectivity index (χ0n) is 11.0. The van der Waals surface area contributed by atoms with Gasteiger partial charge in [0, 0.05) is 6.42 Å². The molecule has 0 bridgehead atoms. The van der Waals surface area contributed by atoms with Crippen LogP contribution in [-0.4, -0.2) is 33.6 Å². The van der Waals surface area contributed by atoms with Gasteiger partial charge in [0.2, 0.25) is 0 Å². The van der Waals surface area contributed by atoms with Crippen LogP contribution in [0.4, 0.5) is 0 Å². The maximum absolute atomic E-state index is 11.4. The highest BCUT2D eigenvalue weighted by molar-refractivity contribution is 7.67. The lowest BCUT2D eigenvalue weighted by atomic mass is 10.0. The zero-order chi connectivity index (χ0) is 14.6. The van der Waals surface area contributed by atoms with E-state index in [0.717, 1.165) is 6.42 Å². The number of benzene rings is 1. The molecule has 1 unspecified atom stereocenters. The number of carbonyl (C=O) groups is 1. The van der Waals surface area contributed by atoms with Crippen LogP contribution in [0.15, 0.2) is 41.9 Å². The van der Waals surface area contributed by atoms with Crippen molar-refractivity contribution in [2.75, 3.05) is 12.8 Å². The molecule has 1 aromatic carbocycles. The minimum Gasteiger partial charge on any atom is -0.494 e. The molecule has 0 amide bonds. The number of hydrogen-bond donors (Lipinski definition) is 3. The van der Waals surface area contributed by atoms with Gasteiger partial charge in [-0.2, -0.15) is 0 Å². The van der Waals surface area contributed by atoms with Gasteiger partial charge >= 0.3 is 5.97 Å². The molecule has 1 aliphatic heterocycles. The van der Waals surface area contributed by atoms with Crippen molar-refractivity contribution in [1.29, 1.82) is 0 Å². The highest BCUT2D eigenvalue weighted by Gasteiger charge is 2.40. The fourth-order valence-corrected chi connectivity index (χ4v) is 3.86. The summed E-state index contributed by atoms with van der Waals surface area (Å²) in [6, 6.07) is 8.62. The standard InChI is InChI=1S/C14H17O5P/c15-14(16)13(11-5-2-1-3-6-11)10-20(17,18)9-12-7-4-8-19-12/h1-3,5-6,9,13,17-18H,4,7-8,10H2/p+1.